The number of hydrogen-bond donors (Lipinski definition) is 0. The Balaban J connectivity index is 1.44. The topological polar surface area (TPSA) is 75.6 Å². The number of hydrogen-bond acceptors (Lipinski definition) is 5. The van der Waals surface area contributed by atoms with Crippen LogP contribution >= 0.6 is 0 Å². The lowest BCUT2D eigenvalue weighted by Gasteiger charge is -2.31. The van der Waals surface area contributed by atoms with Gasteiger partial charge in [-0.1, -0.05) is 30.3 Å². The molecular weight excluding hydrogens is 344 g/mol. The van der Waals surface area contributed by atoms with Crippen molar-refractivity contribution in [1.82, 2.24) is 19.8 Å². The number of nitrogens with zero attached hydrogens (tertiary/aromatic N) is 4. The molecule has 0 bridgehead atoms. The van der Waals surface area contributed by atoms with Crippen molar-refractivity contribution in [3.8, 4) is 0 Å². The largest absolute Gasteiger partial charge is 0.343 e. The molecule has 138 valence electrons. The zero-order valence-corrected chi connectivity index (χ0v) is 15.0. The average molecular weight is 364 g/mol. The minimum atomic E-state index is -0.710. The summed E-state index contributed by atoms with van der Waals surface area (Å²) in [5.41, 5.74) is 0.796. The van der Waals surface area contributed by atoms with E-state index in [9.17, 15) is 9.59 Å². The molecule has 0 saturated carbocycles. The first-order chi connectivity index (χ1) is 13.1. The van der Waals surface area contributed by atoms with Gasteiger partial charge in [-0.2, -0.15) is 0 Å². The summed E-state index contributed by atoms with van der Waals surface area (Å²) in [5, 5.41) is 0. The maximum atomic E-state index is 13.0. The van der Waals surface area contributed by atoms with Crippen molar-refractivity contribution < 1.29 is 14.3 Å². The van der Waals surface area contributed by atoms with Crippen LogP contribution in [0.2, 0.25) is 0 Å². The van der Waals surface area contributed by atoms with Crippen LogP contribution in [0.25, 0.3) is 0 Å². The van der Waals surface area contributed by atoms with Gasteiger partial charge >= 0.3 is 0 Å². The minimum absolute atomic E-state index is 0.0519. The quantitative estimate of drug-likeness (QED) is 0.811. The molecule has 2 amide bonds. The minimum Gasteiger partial charge on any atom is -0.343 e. The van der Waals surface area contributed by atoms with E-state index in [-0.39, 0.29) is 24.0 Å². The maximum absolute atomic E-state index is 13.0. The Bertz CT molecular complexity index is 901. The molecule has 0 radical (unpaired) electrons. The Hall–Kier alpha value is -2.80. The third-order valence-corrected chi connectivity index (χ3v) is 5.89. The molecule has 2 aromatic rings. The number of likely N-dealkylation sites (tertiary alicyclic amines) is 1. The molecule has 5 rings (SSSR count). The first kappa shape index (κ1) is 16.4. The maximum Gasteiger partial charge on any atom is 0.257 e. The van der Waals surface area contributed by atoms with Crippen molar-refractivity contribution in [3.05, 3.63) is 59.7 Å². The average Bonchev–Trinajstić information content (AvgIpc) is 3.31. The molecule has 3 fully saturated rings. The first-order valence-corrected chi connectivity index (χ1v) is 9.21. The van der Waals surface area contributed by atoms with E-state index >= 15 is 0 Å². The van der Waals surface area contributed by atoms with Crippen LogP contribution in [0.5, 0.6) is 0 Å². The Labute approximate surface area is 157 Å². The summed E-state index contributed by atoms with van der Waals surface area (Å²) in [6.45, 7) is 2.88. The fraction of sp³-hybridized carbons (Fsp3) is 0.400. The molecule has 1 aromatic heterocycles. The molecule has 7 nitrogen and oxygen atoms in total. The summed E-state index contributed by atoms with van der Waals surface area (Å²) in [6, 6.07) is 9.68. The highest BCUT2D eigenvalue weighted by Crippen LogP contribution is 2.50. The van der Waals surface area contributed by atoms with E-state index in [0.29, 0.717) is 37.3 Å². The molecule has 3 saturated heterocycles. The summed E-state index contributed by atoms with van der Waals surface area (Å²) in [4.78, 5) is 37.5. The molecule has 4 heterocycles. The number of rotatable bonds is 2. The van der Waals surface area contributed by atoms with Gasteiger partial charge in [0.2, 0.25) is 5.91 Å². The number of benzene rings is 1. The SMILES string of the molecule is Cc1ncc(C(=O)N2CC[C@@]34O[C@H](c5ccccc5)CN3C(=O)C[C@@H]24)cn1. The highest BCUT2D eigenvalue weighted by molar-refractivity contribution is 5.95. The van der Waals surface area contributed by atoms with Gasteiger partial charge in [-0.25, -0.2) is 9.97 Å². The van der Waals surface area contributed by atoms with Gasteiger partial charge in [0, 0.05) is 25.4 Å². The lowest BCUT2D eigenvalue weighted by atomic mass is 10.1. The monoisotopic (exact) mass is 364 g/mol. The fourth-order valence-corrected chi connectivity index (χ4v) is 4.58. The van der Waals surface area contributed by atoms with Gasteiger partial charge in [-0.15, -0.1) is 0 Å². The second-order valence-electron chi connectivity index (χ2n) is 7.35. The third-order valence-electron chi connectivity index (χ3n) is 5.89. The highest BCUT2D eigenvalue weighted by atomic mass is 16.5. The van der Waals surface area contributed by atoms with Gasteiger partial charge in [-0.3, -0.25) is 9.59 Å². The van der Waals surface area contributed by atoms with Gasteiger partial charge < -0.3 is 14.5 Å². The van der Waals surface area contributed by atoms with E-state index in [0.717, 1.165) is 5.56 Å². The Morgan fingerprint density at radius 2 is 1.96 bits per heavy atom. The van der Waals surface area contributed by atoms with Crippen molar-refractivity contribution in [1.29, 1.82) is 0 Å². The molecule has 1 spiro atoms. The summed E-state index contributed by atoms with van der Waals surface area (Å²) >= 11 is 0. The van der Waals surface area contributed by atoms with Crippen LogP contribution in [0.1, 0.15) is 40.7 Å². The van der Waals surface area contributed by atoms with Crippen LogP contribution in [0, 0.1) is 6.92 Å². The van der Waals surface area contributed by atoms with Crippen molar-refractivity contribution in [2.45, 2.75) is 37.6 Å². The van der Waals surface area contributed by atoms with Crippen LogP contribution in [0.15, 0.2) is 42.7 Å². The molecule has 3 aliphatic heterocycles. The van der Waals surface area contributed by atoms with Crippen LogP contribution in [-0.2, 0) is 9.53 Å². The van der Waals surface area contributed by atoms with Gasteiger partial charge in [-0.05, 0) is 12.5 Å². The van der Waals surface area contributed by atoms with Gasteiger partial charge in [0.15, 0.2) is 5.72 Å². The van der Waals surface area contributed by atoms with Gasteiger partial charge in [0.1, 0.15) is 11.9 Å². The van der Waals surface area contributed by atoms with Crippen LogP contribution in [0.3, 0.4) is 0 Å². The Morgan fingerprint density at radius 3 is 2.70 bits per heavy atom. The molecule has 3 aliphatic rings. The number of amides is 2. The zero-order valence-electron chi connectivity index (χ0n) is 15.0. The molecule has 0 aliphatic carbocycles. The number of aromatic nitrogens is 2. The lowest BCUT2D eigenvalue weighted by Crippen LogP contribution is -2.48. The predicted molar refractivity (Wildman–Crippen MR) is 95.5 cm³/mol. The van der Waals surface area contributed by atoms with E-state index in [4.69, 9.17) is 4.74 Å². The molecule has 7 heteroatoms. The van der Waals surface area contributed by atoms with E-state index in [2.05, 4.69) is 9.97 Å². The molecule has 0 N–H and O–H groups in total. The fourth-order valence-electron chi connectivity index (χ4n) is 4.58. The Kier molecular flexibility index (Phi) is 3.55. The number of carbonyl (C=O) groups excluding carboxylic acids is 2. The van der Waals surface area contributed by atoms with Crippen molar-refractivity contribution in [3.63, 3.8) is 0 Å². The molecule has 1 aromatic carbocycles. The lowest BCUT2D eigenvalue weighted by molar-refractivity contribution is -0.138. The van der Waals surface area contributed by atoms with Crippen LogP contribution in [-0.4, -0.2) is 56.4 Å². The smallest absolute Gasteiger partial charge is 0.257 e. The van der Waals surface area contributed by atoms with E-state index in [1.807, 2.05) is 35.2 Å². The summed E-state index contributed by atoms with van der Waals surface area (Å²) in [7, 11) is 0. The molecule has 27 heavy (non-hydrogen) atoms. The highest BCUT2D eigenvalue weighted by Gasteiger charge is 2.65. The van der Waals surface area contributed by atoms with Gasteiger partial charge in [0.05, 0.1) is 24.6 Å². The third kappa shape index (κ3) is 2.38. The van der Waals surface area contributed by atoms with Crippen molar-refractivity contribution in [2.24, 2.45) is 0 Å². The van der Waals surface area contributed by atoms with E-state index in [1.54, 1.807) is 24.2 Å². The van der Waals surface area contributed by atoms with Crippen LogP contribution < -0.4 is 0 Å². The Morgan fingerprint density at radius 1 is 1.22 bits per heavy atom. The zero-order chi connectivity index (χ0) is 18.6. The first-order valence-electron chi connectivity index (χ1n) is 9.21. The molecule has 0 unspecified atom stereocenters. The van der Waals surface area contributed by atoms with E-state index < -0.39 is 5.72 Å². The standard InChI is InChI=1S/C20H20N4O3/c1-13-21-10-15(11-22-13)19(26)23-8-7-20-17(23)9-18(25)24(20)12-16(27-20)14-5-3-2-4-6-14/h2-6,10-11,16-17H,7-9,12H2,1H3/t16-,17+,20-/m0/s1. The van der Waals surface area contributed by atoms with Crippen molar-refractivity contribution >= 4 is 11.8 Å². The van der Waals surface area contributed by atoms with Crippen molar-refractivity contribution in [2.75, 3.05) is 13.1 Å². The molecular formula is C20H20N4O3. The number of aryl methyl sites for hydroxylation is 1. The summed E-state index contributed by atoms with van der Waals surface area (Å²) < 4.78 is 6.47. The van der Waals surface area contributed by atoms with Gasteiger partial charge in [0.25, 0.3) is 5.91 Å². The normalized spacial score (nSPS) is 29.1. The van der Waals surface area contributed by atoms with E-state index in [1.165, 1.54) is 0 Å². The second-order valence-corrected chi connectivity index (χ2v) is 7.35. The van der Waals surface area contributed by atoms with Crippen LogP contribution in [0.4, 0.5) is 0 Å². The molecule has 3 atom stereocenters. The number of carbonyl (C=O) groups is 2. The summed E-state index contributed by atoms with van der Waals surface area (Å²) in [5.74, 6) is 0.533. The predicted octanol–water partition coefficient (Wildman–Crippen LogP) is 1.70. The summed E-state index contributed by atoms with van der Waals surface area (Å²) in [6.07, 6.45) is 3.88. The second kappa shape index (κ2) is 5.85. The number of ether oxygens (including phenoxy) is 1.